The Morgan fingerprint density at radius 2 is 1.82 bits per heavy atom. The Kier molecular flexibility index (Phi) is 7.55. The molecule has 1 N–H and O–H groups in total. The van der Waals surface area contributed by atoms with E-state index in [1.807, 2.05) is 92.1 Å². The molecule has 0 spiro atoms. The molecule has 174 valence electrons. The van der Waals surface area contributed by atoms with E-state index in [1.54, 1.807) is 0 Å². The Hall–Kier alpha value is -3.29. The molecule has 0 saturated heterocycles. The summed E-state index contributed by atoms with van der Waals surface area (Å²) in [5, 5.41) is 13.0. The number of amides is 1. The minimum Gasteiger partial charge on any atom is -0.494 e. The standard InChI is InChI=1S/C26H25ClN4O2S/c1-4-33-20-13-11-19(12-14-20)31-25(21-7-5-6-8-22(21)27)29-30-26(31)34-16-24(32)28-23-15-17(2)9-10-18(23)3/h5-15H,4,16H2,1-3H3,(H,28,32). The molecule has 4 rings (SSSR count). The quantitative estimate of drug-likeness (QED) is 0.291. The van der Waals surface area contributed by atoms with Gasteiger partial charge >= 0.3 is 0 Å². The van der Waals surface area contributed by atoms with E-state index in [2.05, 4.69) is 15.5 Å². The fourth-order valence-corrected chi connectivity index (χ4v) is 4.43. The second-order valence-corrected chi connectivity index (χ2v) is 9.05. The van der Waals surface area contributed by atoms with Crippen molar-refractivity contribution in [2.45, 2.75) is 25.9 Å². The summed E-state index contributed by atoms with van der Waals surface area (Å²) in [6.07, 6.45) is 0. The Morgan fingerprint density at radius 1 is 1.06 bits per heavy atom. The zero-order valence-electron chi connectivity index (χ0n) is 19.2. The Morgan fingerprint density at radius 3 is 2.56 bits per heavy atom. The third kappa shape index (κ3) is 5.43. The number of ether oxygens (including phenoxy) is 1. The van der Waals surface area contributed by atoms with Crippen LogP contribution in [0.1, 0.15) is 18.1 Å². The predicted molar refractivity (Wildman–Crippen MR) is 138 cm³/mol. The summed E-state index contributed by atoms with van der Waals surface area (Å²) in [6, 6.07) is 21.2. The molecule has 0 aliphatic rings. The molecule has 1 heterocycles. The van der Waals surface area contributed by atoms with Crippen molar-refractivity contribution in [3.63, 3.8) is 0 Å². The Balaban J connectivity index is 1.62. The van der Waals surface area contributed by atoms with Crippen LogP contribution in [0.25, 0.3) is 17.1 Å². The van der Waals surface area contributed by atoms with Crippen LogP contribution >= 0.6 is 23.4 Å². The average Bonchev–Trinajstić information content (AvgIpc) is 3.25. The van der Waals surface area contributed by atoms with Crippen LogP contribution in [0.2, 0.25) is 5.02 Å². The molecule has 1 aromatic heterocycles. The molecule has 1 amide bonds. The summed E-state index contributed by atoms with van der Waals surface area (Å²) >= 11 is 7.79. The molecule has 0 bridgehead atoms. The first-order valence-electron chi connectivity index (χ1n) is 10.9. The normalized spacial score (nSPS) is 10.8. The number of anilines is 1. The van der Waals surface area contributed by atoms with E-state index in [0.717, 1.165) is 33.8 Å². The molecular formula is C26H25ClN4O2S. The van der Waals surface area contributed by atoms with Gasteiger partial charge in [0.05, 0.1) is 17.4 Å². The summed E-state index contributed by atoms with van der Waals surface area (Å²) in [6.45, 7) is 6.51. The van der Waals surface area contributed by atoms with Crippen molar-refractivity contribution in [1.82, 2.24) is 14.8 Å². The van der Waals surface area contributed by atoms with Gasteiger partial charge in [-0.15, -0.1) is 10.2 Å². The van der Waals surface area contributed by atoms with Crippen molar-refractivity contribution in [3.05, 3.63) is 82.9 Å². The highest BCUT2D eigenvalue weighted by atomic mass is 35.5. The van der Waals surface area contributed by atoms with Gasteiger partial charge < -0.3 is 10.1 Å². The molecule has 3 aromatic carbocycles. The van der Waals surface area contributed by atoms with Gasteiger partial charge in [0.2, 0.25) is 5.91 Å². The van der Waals surface area contributed by atoms with Crippen molar-refractivity contribution in [1.29, 1.82) is 0 Å². The van der Waals surface area contributed by atoms with Crippen molar-refractivity contribution >= 4 is 35.0 Å². The number of aryl methyl sites for hydroxylation is 2. The SMILES string of the molecule is CCOc1ccc(-n2c(SCC(=O)Nc3cc(C)ccc3C)nnc2-c2ccccc2Cl)cc1. The molecule has 0 aliphatic carbocycles. The number of carbonyl (C=O) groups excluding carboxylic acids is 1. The van der Waals surface area contributed by atoms with E-state index in [4.69, 9.17) is 16.3 Å². The highest BCUT2D eigenvalue weighted by molar-refractivity contribution is 7.99. The fraction of sp³-hybridized carbons (Fsp3) is 0.192. The number of benzene rings is 3. The number of hydrogen-bond donors (Lipinski definition) is 1. The first kappa shape index (κ1) is 23.9. The van der Waals surface area contributed by atoms with E-state index in [-0.39, 0.29) is 11.7 Å². The lowest BCUT2D eigenvalue weighted by Crippen LogP contribution is -2.15. The molecule has 0 unspecified atom stereocenters. The summed E-state index contributed by atoms with van der Waals surface area (Å²) in [5.74, 6) is 1.46. The van der Waals surface area contributed by atoms with Gasteiger partial charge in [-0.3, -0.25) is 9.36 Å². The second kappa shape index (κ2) is 10.8. The lowest BCUT2D eigenvalue weighted by molar-refractivity contribution is -0.113. The average molecular weight is 493 g/mol. The zero-order valence-corrected chi connectivity index (χ0v) is 20.8. The Labute approximate surface area is 208 Å². The lowest BCUT2D eigenvalue weighted by Gasteiger charge is -2.12. The number of nitrogens with one attached hydrogen (secondary N) is 1. The van der Waals surface area contributed by atoms with E-state index in [9.17, 15) is 4.79 Å². The molecule has 0 aliphatic heterocycles. The third-order valence-electron chi connectivity index (χ3n) is 5.15. The van der Waals surface area contributed by atoms with Crippen LogP contribution in [-0.4, -0.2) is 33.0 Å². The van der Waals surface area contributed by atoms with Gasteiger partial charge in [-0.2, -0.15) is 0 Å². The predicted octanol–water partition coefficient (Wildman–Crippen LogP) is 6.33. The van der Waals surface area contributed by atoms with Crippen molar-refractivity contribution < 1.29 is 9.53 Å². The van der Waals surface area contributed by atoms with Crippen LogP contribution in [0, 0.1) is 13.8 Å². The molecule has 0 radical (unpaired) electrons. The van der Waals surface area contributed by atoms with Crippen LogP contribution in [0.5, 0.6) is 5.75 Å². The second-order valence-electron chi connectivity index (χ2n) is 7.70. The highest BCUT2D eigenvalue weighted by Gasteiger charge is 2.19. The smallest absolute Gasteiger partial charge is 0.234 e. The molecule has 4 aromatic rings. The minimum absolute atomic E-state index is 0.112. The van der Waals surface area contributed by atoms with Crippen LogP contribution in [0.15, 0.2) is 71.9 Å². The van der Waals surface area contributed by atoms with Crippen molar-refractivity contribution in [3.8, 4) is 22.8 Å². The van der Waals surface area contributed by atoms with Gasteiger partial charge in [-0.05, 0) is 74.4 Å². The van der Waals surface area contributed by atoms with Crippen molar-refractivity contribution in [2.24, 2.45) is 0 Å². The van der Waals surface area contributed by atoms with Gasteiger partial charge in [0.25, 0.3) is 0 Å². The van der Waals surface area contributed by atoms with E-state index in [0.29, 0.717) is 22.6 Å². The van der Waals surface area contributed by atoms with Crippen LogP contribution in [0.3, 0.4) is 0 Å². The highest BCUT2D eigenvalue weighted by Crippen LogP contribution is 2.32. The minimum atomic E-state index is -0.112. The molecule has 0 fully saturated rings. The number of carbonyl (C=O) groups is 1. The number of halogens is 1. The monoisotopic (exact) mass is 492 g/mol. The number of hydrogen-bond acceptors (Lipinski definition) is 5. The van der Waals surface area contributed by atoms with Gasteiger partial charge in [0, 0.05) is 16.9 Å². The summed E-state index contributed by atoms with van der Waals surface area (Å²) in [4.78, 5) is 12.7. The largest absolute Gasteiger partial charge is 0.494 e. The maximum atomic E-state index is 12.7. The van der Waals surface area contributed by atoms with E-state index >= 15 is 0 Å². The van der Waals surface area contributed by atoms with E-state index < -0.39 is 0 Å². The number of nitrogens with zero attached hydrogens (tertiary/aromatic N) is 3. The summed E-state index contributed by atoms with van der Waals surface area (Å²) in [5.41, 5.74) is 4.53. The molecule has 6 nitrogen and oxygen atoms in total. The zero-order chi connectivity index (χ0) is 24.1. The van der Waals surface area contributed by atoms with Gasteiger partial charge in [0.15, 0.2) is 11.0 Å². The van der Waals surface area contributed by atoms with Crippen molar-refractivity contribution in [2.75, 3.05) is 17.7 Å². The van der Waals surface area contributed by atoms with Crippen LogP contribution in [0.4, 0.5) is 5.69 Å². The first-order valence-corrected chi connectivity index (χ1v) is 12.3. The molecular weight excluding hydrogens is 468 g/mol. The maximum Gasteiger partial charge on any atom is 0.234 e. The van der Waals surface area contributed by atoms with Gasteiger partial charge in [0.1, 0.15) is 5.75 Å². The van der Waals surface area contributed by atoms with Crippen LogP contribution < -0.4 is 10.1 Å². The van der Waals surface area contributed by atoms with E-state index in [1.165, 1.54) is 11.8 Å². The van der Waals surface area contributed by atoms with Gasteiger partial charge in [-0.25, -0.2) is 0 Å². The topological polar surface area (TPSA) is 69.0 Å². The first-order chi connectivity index (χ1) is 16.5. The number of thioether (sulfide) groups is 1. The molecule has 0 atom stereocenters. The third-order valence-corrected chi connectivity index (χ3v) is 6.41. The van der Waals surface area contributed by atoms with Crippen LogP contribution in [-0.2, 0) is 4.79 Å². The van der Waals surface area contributed by atoms with Gasteiger partial charge in [-0.1, -0.05) is 47.6 Å². The molecule has 0 saturated carbocycles. The number of aromatic nitrogens is 3. The summed E-state index contributed by atoms with van der Waals surface area (Å²) in [7, 11) is 0. The molecule has 34 heavy (non-hydrogen) atoms. The fourth-order valence-electron chi connectivity index (χ4n) is 3.46. The lowest BCUT2D eigenvalue weighted by atomic mass is 10.1. The molecule has 8 heteroatoms. The Bertz CT molecular complexity index is 1300. The summed E-state index contributed by atoms with van der Waals surface area (Å²) < 4.78 is 7.49. The maximum absolute atomic E-state index is 12.7. The number of rotatable bonds is 8.